The number of aromatic nitrogens is 2. The zero-order valence-electron chi connectivity index (χ0n) is 14.8. The van der Waals surface area contributed by atoms with Gasteiger partial charge in [0.05, 0.1) is 12.5 Å². The molecule has 0 aromatic carbocycles. The molecule has 7 heteroatoms. The van der Waals surface area contributed by atoms with E-state index in [9.17, 15) is 9.59 Å². The first kappa shape index (κ1) is 17.6. The second-order valence-electron chi connectivity index (χ2n) is 6.67. The number of piperidine rings is 2. The molecule has 0 spiro atoms. The maximum Gasteiger partial charge on any atom is 0.310 e. The third kappa shape index (κ3) is 4.27. The van der Waals surface area contributed by atoms with Crippen LogP contribution < -0.4 is 4.90 Å². The van der Waals surface area contributed by atoms with Crippen molar-refractivity contribution in [3.63, 3.8) is 0 Å². The van der Waals surface area contributed by atoms with Gasteiger partial charge in [0.1, 0.15) is 0 Å². The normalized spacial score (nSPS) is 21.1. The average molecular weight is 346 g/mol. The minimum Gasteiger partial charge on any atom is -0.466 e. The van der Waals surface area contributed by atoms with Gasteiger partial charge in [-0.15, -0.1) is 10.2 Å². The van der Waals surface area contributed by atoms with Gasteiger partial charge in [0.2, 0.25) is 0 Å². The molecule has 1 aromatic heterocycles. The van der Waals surface area contributed by atoms with E-state index in [1.165, 1.54) is 19.3 Å². The molecular formula is C18H26N4O3. The Morgan fingerprint density at radius 1 is 1.12 bits per heavy atom. The number of ether oxygens (including phenoxy) is 1. The SMILES string of the molecule is CCOC(=O)C1CCCN(C(=O)c2ccc(N3CCCCC3)nn2)C1. The van der Waals surface area contributed by atoms with Crippen LogP contribution in [0.3, 0.4) is 0 Å². The summed E-state index contributed by atoms with van der Waals surface area (Å²) in [5, 5.41) is 8.37. The topological polar surface area (TPSA) is 75.6 Å². The predicted octanol–water partition coefficient (Wildman–Crippen LogP) is 1.88. The van der Waals surface area contributed by atoms with Gasteiger partial charge in [0.25, 0.3) is 5.91 Å². The Bertz CT molecular complexity index is 599. The smallest absolute Gasteiger partial charge is 0.310 e. The number of hydrogen-bond acceptors (Lipinski definition) is 6. The molecule has 136 valence electrons. The third-order valence-corrected chi connectivity index (χ3v) is 4.88. The van der Waals surface area contributed by atoms with Crippen LogP contribution in [-0.2, 0) is 9.53 Å². The van der Waals surface area contributed by atoms with Crippen molar-refractivity contribution in [2.24, 2.45) is 5.92 Å². The number of hydrogen-bond donors (Lipinski definition) is 0. The molecule has 2 fully saturated rings. The second kappa shape index (κ2) is 8.27. The van der Waals surface area contributed by atoms with Gasteiger partial charge in [-0.2, -0.15) is 0 Å². The van der Waals surface area contributed by atoms with Gasteiger partial charge < -0.3 is 14.5 Å². The third-order valence-electron chi connectivity index (χ3n) is 4.88. The van der Waals surface area contributed by atoms with Crippen molar-refractivity contribution in [3.8, 4) is 0 Å². The van der Waals surface area contributed by atoms with Gasteiger partial charge in [-0.3, -0.25) is 9.59 Å². The molecule has 0 saturated carbocycles. The highest BCUT2D eigenvalue weighted by Gasteiger charge is 2.30. The fraction of sp³-hybridized carbons (Fsp3) is 0.667. The highest BCUT2D eigenvalue weighted by atomic mass is 16.5. The molecule has 3 heterocycles. The van der Waals surface area contributed by atoms with Crippen molar-refractivity contribution < 1.29 is 14.3 Å². The molecule has 0 N–H and O–H groups in total. The van der Waals surface area contributed by atoms with Crippen LogP contribution in [0.25, 0.3) is 0 Å². The van der Waals surface area contributed by atoms with E-state index in [1.54, 1.807) is 17.9 Å². The minimum absolute atomic E-state index is 0.160. The average Bonchev–Trinajstić information content (AvgIpc) is 2.68. The maximum atomic E-state index is 12.7. The van der Waals surface area contributed by atoms with E-state index in [4.69, 9.17) is 4.74 Å². The van der Waals surface area contributed by atoms with Crippen molar-refractivity contribution in [1.29, 1.82) is 0 Å². The number of rotatable bonds is 4. The lowest BCUT2D eigenvalue weighted by Gasteiger charge is -2.31. The fourth-order valence-corrected chi connectivity index (χ4v) is 3.51. The van der Waals surface area contributed by atoms with E-state index >= 15 is 0 Å². The molecule has 2 aliphatic rings. The fourth-order valence-electron chi connectivity index (χ4n) is 3.51. The van der Waals surface area contributed by atoms with E-state index in [2.05, 4.69) is 15.1 Å². The van der Waals surface area contributed by atoms with Gasteiger partial charge in [0, 0.05) is 26.2 Å². The molecule has 1 atom stereocenters. The van der Waals surface area contributed by atoms with Crippen LogP contribution in [0.4, 0.5) is 5.82 Å². The summed E-state index contributed by atoms with van der Waals surface area (Å²) in [5.74, 6) is 0.218. The zero-order chi connectivity index (χ0) is 17.6. The molecule has 25 heavy (non-hydrogen) atoms. The minimum atomic E-state index is -0.238. The first-order valence-electron chi connectivity index (χ1n) is 9.23. The molecule has 0 radical (unpaired) electrons. The number of esters is 1. The van der Waals surface area contributed by atoms with E-state index in [0.717, 1.165) is 31.7 Å². The first-order valence-corrected chi connectivity index (χ1v) is 9.23. The summed E-state index contributed by atoms with van der Waals surface area (Å²) in [5.41, 5.74) is 0.338. The molecule has 1 amide bonds. The van der Waals surface area contributed by atoms with E-state index < -0.39 is 0 Å². The van der Waals surface area contributed by atoms with Crippen molar-refractivity contribution in [2.45, 2.75) is 39.0 Å². The molecule has 2 saturated heterocycles. The number of nitrogens with zero attached hydrogens (tertiary/aromatic N) is 4. The summed E-state index contributed by atoms with van der Waals surface area (Å²) in [6, 6.07) is 3.62. The number of carbonyl (C=O) groups is 2. The molecule has 1 unspecified atom stereocenters. The number of likely N-dealkylation sites (tertiary alicyclic amines) is 1. The first-order chi connectivity index (χ1) is 12.2. The summed E-state index contributed by atoms with van der Waals surface area (Å²) in [6.07, 6.45) is 5.17. The zero-order valence-corrected chi connectivity index (χ0v) is 14.8. The van der Waals surface area contributed by atoms with E-state index in [1.807, 2.05) is 6.07 Å². The van der Waals surface area contributed by atoms with Crippen LogP contribution in [0, 0.1) is 5.92 Å². The molecule has 3 rings (SSSR count). The quantitative estimate of drug-likeness (QED) is 0.775. The second-order valence-corrected chi connectivity index (χ2v) is 6.67. The summed E-state index contributed by atoms with van der Waals surface area (Å²) >= 11 is 0. The lowest BCUT2D eigenvalue weighted by molar-refractivity contribution is -0.149. The van der Waals surface area contributed by atoms with Gasteiger partial charge >= 0.3 is 5.97 Å². The molecular weight excluding hydrogens is 320 g/mol. The Labute approximate surface area is 148 Å². The standard InChI is InChI=1S/C18H26N4O3/c1-2-25-18(24)14-7-6-12-22(13-14)17(23)15-8-9-16(20-19-15)21-10-4-3-5-11-21/h8-9,14H,2-7,10-13H2,1H3. The molecule has 2 aliphatic heterocycles. The van der Waals surface area contributed by atoms with Crippen LogP contribution in [0.1, 0.15) is 49.5 Å². The highest BCUT2D eigenvalue weighted by molar-refractivity contribution is 5.92. The van der Waals surface area contributed by atoms with E-state index in [-0.39, 0.29) is 17.8 Å². The van der Waals surface area contributed by atoms with Crippen molar-refractivity contribution in [1.82, 2.24) is 15.1 Å². The Morgan fingerprint density at radius 3 is 2.60 bits per heavy atom. The van der Waals surface area contributed by atoms with Crippen LogP contribution in [0.5, 0.6) is 0 Å². The van der Waals surface area contributed by atoms with Crippen molar-refractivity contribution >= 4 is 17.7 Å². The van der Waals surface area contributed by atoms with Crippen LogP contribution in [0.2, 0.25) is 0 Å². The largest absolute Gasteiger partial charge is 0.466 e. The number of anilines is 1. The monoisotopic (exact) mass is 346 g/mol. The summed E-state index contributed by atoms with van der Waals surface area (Å²) < 4.78 is 5.09. The summed E-state index contributed by atoms with van der Waals surface area (Å²) in [4.78, 5) is 28.5. The van der Waals surface area contributed by atoms with Crippen LogP contribution in [0.15, 0.2) is 12.1 Å². The highest BCUT2D eigenvalue weighted by Crippen LogP contribution is 2.21. The molecule has 1 aromatic rings. The number of amides is 1. The van der Waals surface area contributed by atoms with Gasteiger partial charge in [-0.1, -0.05) is 0 Å². The van der Waals surface area contributed by atoms with Crippen LogP contribution in [-0.4, -0.2) is 59.8 Å². The van der Waals surface area contributed by atoms with Gasteiger partial charge in [0.15, 0.2) is 11.5 Å². The summed E-state index contributed by atoms with van der Waals surface area (Å²) in [6.45, 7) is 5.19. The van der Waals surface area contributed by atoms with Crippen molar-refractivity contribution in [2.75, 3.05) is 37.7 Å². The Balaban J connectivity index is 1.62. The Kier molecular flexibility index (Phi) is 5.83. The van der Waals surface area contributed by atoms with Crippen molar-refractivity contribution in [3.05, 3.63) is 17.8 Å². The lowest BCUT2D eigenvalue weighted by atomic mass is 9.98. The number of carbonyl (C=O) groups excluding carboxylic acids is 2. The Hall–Kier alpha value is -2.18. The Morgan fingerprint density at radius 2 is 1.92 bits per heavy atom. The molecule has 0 bridgehead atoms. The molecule has 7 nitrogen and oxygen atoms in total. The molecule has 0 aliphatic carbocycles. The maximum absolute atomic E-state index is 12.7. The predicted molar refractivity (Wildman–Crippen MR) is 93.4 cm³/mol. The van der Waals surface area contributed by atoms with Gasteiger partial charge in [-0.25, -0.2) is 0 Å². The lowest BCUT2D eigenvalue weighted by Crippen LogP contribution is -2.43. The van der Waals surface area contributed by atoms with Gasteiger partial charge in [-0.05, 0) is 51.2 Å². The summed E-state index contributed by atoms with van der Waals surface area (Å²) in [7, 11) is 0. The van der Waals surface area contributed by atoms with E-state index in [0.29, 0.717) is 25.4 Å². The van der Waals surface area contributed by atoms with Crippen LogP contribution >= 0.6 is 0 Å².